The Kier molecular flexibility index (Phi) is 3.31. The van der Waals surface area contributed by atoms with Crippen molar-refractivity contribution in [2.45, 2.75) is 26.2 Å². The summed E-state index contributed by atoms with van der Waals surface area (Å²) in [5.41, 5.74) is 7.13. The first-order chi connectivity index (χ1) is 10.9. The number of benzene rings is 3. The van der Waals surface area contributed by atoms with Gasteiger partial charge in [0.05, 0.1) is 0 Å². The van der Waals surface area contributed by atoms with E-state index in [4.69, 9.17) is 0 Å². The van der Waals surface area contributed by atoms with Gasteiger partial charge in [0.15, 0.2) is 0 Å². The summed E-state index contributed by atoms with van der Waals surface area (Å²) in [7, 11) is 0. The average Bonchev–Trinajstić information content (AvgIpc) is 2.99. The van der Waals surface area contributed by atoms with Gasteiger partial charge in [0.1, 0.15) is 0 Å². The van der Waals surface area contributed by atoms with Crippen LogP contribution in [0.25, 0.3) is 22.4 Å². The van der Waals surface area contributed by atoms with Crippen LogP contribution in [0.15, 0.2) is 60.7 Å². The lowest BCUT2D eigenvalue weighted by Gasteiger charge is -2.12. The minimum absolute atomic E-state index is 1.05. The van der Waals surface area contributed by atoms with Crippen LogP contribution in [0.3, 0.4) is 0 Å². The second-order valence-electron chi connectivity index (χ2n) is 6.11. The van der Waals surface area contributed by atoms with Crippen molar-refractivity contribution in [2.24, 2.45) is 0 Å². The molecule has 3 aromatic rings. The van der Waals surface area contributed by atoms with E-state index >= 15 is 0 Å². The van der Waals surface area contributed by atoms with Gasteiger partial charge in [-0.3, -0.25) is 0 Å². The molecule has 0 saturated heterocycles. The van der Waals surface area contributed by atoms with Gasteiger partial charge in [-0.05, 0) is 51.4 Å². The molecule has 0 aromatic heterocycles. The third kappa shape index (κ3) is 2.16. The molecule has 1 aliphatic carbocycles. The summed E-state index contributed by atoms with van der Waals surface area (Å²) in [5.74, 6) is 0. The summed E-state index contributed by atoms with van der Waals surface area (Å²) in [6, 6.07) is 22.2. The van der Waals surface area contributed by atoms with Gasteiger partial charge in [-0.25, -0.2) is 0 Å². The van der Waals surface area contributed by atoms with Crippen LogP contribution in [0.1, 0.15) is 35.6 Å². The molecule has 108 valence electrons. The fourth-order valence-corrected chi connectivity index (χ4v) is 3.58. The van der Waals surface area contributed by atoms with Crippen molar-refractivity contribution < 1.29 is 0 Å². The molecule has 0 amide bonds. The molecular formula is C22H20. The van der Waals surface area contributed by atoms with Gasteiger partial charge in [-0.1, -0.05) is 80.1 Å². The Balaban J connectivity index is 1.86. The number of hydrogen-bond donors (Lipinski definition) is 0. The van der Waals surface area contributed by atoms with Crippen molar-refractivity contribution in [1.82, 2.24) is 0 Å². The zero-order chi connectivity index (χ0) is 14.9. The highest BCUT2D eigenvalue weighted by molar-refractivity contribution is 6.01. The maximum atomic E-state index is 2.36. The van der Waals surface area contributed by atoms with E-state index in [-0.39, 0.29) is 0 Å². The van der Waals surface area contributed by atoms with Crippen LogP contribution in [-0.4, -0.2) is 0 Å². The fraction of sp³-hybridized carbons (Fsp3) is 0.182. The first-order valence-electron chi connectivity index (χ1n) is 8.16. The minimum atomic E-state index is 1.05. The number of hydrogen-bond acceptors (Lipinski definition) is 0. The van der Waals surface area contributed by atoms with Gasteiger partial charge in [0.2, 0.25) is 0 Å². The van der Waals surface area contributed by atoms with E-state index in [2.05, 4.69) is 73.7 Å². The number of aryl methyl sites for hydroxylation is 1. The maximum absolute atomic E-state index is 2.36. The third-order valence-corrected chi connectivity index (χ3v) is 4.65. The van der Waals surface area contributed by atoms with E-state index in [0.717, 1.165) is 12.8 Å². The van der Waals surface area contributed by atoms with E-state index in [1.807, 2.05) is 0 Å². The lowest BCUT2D eigenvalue weighted by molar-refractivity contribution is 0.929. The van der Waals surface area contributed by atoms with Gasteiger partial charge in [0, 0.05) is 0 Å². The van der Waals surface area contributed by atoms with Gasteiger partial charge >= 0.3 is 0 Å². The SMILES string of the molecule is CCCc1ccc(C2=Cc3ccccc3C2)c2ccccc12. The van der Waals surface area contributed by atoms with Gasteiger partial charge in [0.25, 0.3) is 0 Å². The molecular weight excluding hydrogens is 264 g/mol. The van der Waals surface area contributed by atoms with Crippen LogP contribution in [0.5, 0.6) is 0 Å². The lowest BCUT2D eigenvalue weighted by Crippen LogP contribution is -1.92. The highest BCUT2D eigenvalue weighted by atomic mass is 14.2. The second kappa shape index (κ2) is 5.46. The zero-order valence-corrected chi connectivity index (χ0v) is 13.0. The summed E-state index contributed by atoms with van der Waals surface area (Å²) in [5, 5.41) is 2.81. The Bertz CT molecular complexity index is 868. The number of fused-ring (bicyclic) bond motifs is 2. The van der Waals surface area contributed by atoms with E-state index in [0.29, 0.717) is 0 Å². The normalized spacial score (nSPS) is 13.2. The molecule has 0 heteroatoms. The largest absolute Gasteiger partial charge is 0.0651 e. The predicted octanol–water partition coefficient (Wildman–Crippen LogP) is 5.89. The number of allylic oxidation sites excluding steroid dienone is 1. The Morgan fingerprint density at radius 2 is 1.59 bits per heavy atom. The molecule has 3 aromatic carbocycles. The monoisotopic (exact) mass is 284 g/mol. The smallest absolute Gasteiger partial charge is 0.00135 e. The quantitative estimate of drug-likeness (QED) is 0.562. The molecule has 0 radical (unpaired) electrons. The summed E-state index contributed by atoms with van der Waals surface area (Å²) < 4.78 is 0. The molecule has 1 aliphatic rings. The molecule has 0 atom stereocenters. The Labute approximate surface area is 132 Å². The standard InChI is InChI=1S/C22H20/c1-2-7-16-12-13-21(22-11-6-5-10-20(16)22)19-14-17-8-3-4-9-18(17)15-19/h3-6,8-14H,2,7,15H2,1H3. The Morgan fingerprint density at radius 3 is 2.41 bits per heavy atom. The van der Waals surface area contributed by atoms with E-state index < -0.39 is 0 Å². The Morgan fingerprint density at radius 1 is 0.818 bits per heavy atom. The molecule has 0 heterocycles. The Hall–Kier alpha value is -2.34. The lowest BCUT2D eigenvalue weighted by atomic mass is 9.93. The topological polar surface area (TPSA) is 0 Å². The summed E-state index contributed by atoms with van der Waals surface area (Å²) in [6.07, 6.45) is 5.75. The summed E-state index contributed by atoms with van der Waals surface area (Å²) >= 11 is 0. The summed E-state index contributed by atoms with van der Waals surface area (Å²) in [4.78, 5) is 0. The maximum Gasteiger partial charge on any atom is -0.00135 e. The van der Waals surface area contributed by atoms with Crippen molar-refractivity contribution >= 4 is 22.4 Å². The van der Waals surface area contributed by atoms with Crippen LogP contribution < -0.4 is 0 Å². The summed E-state index contributed by atoms with van der Waals surface area (Å²) in [6.45, 7) is 2.25. The predicted molar refractivity (Wildman–Crippen MR) is 96.0 cm³/mol. The van der Waals surface area contributed by atoms with Gasteiger partial charge < -0.3 is 0 Å². The van der Waals surface area contributed by atoms with Crippen molar-refractivity contribution in [3.05, 3.63) is 82.9 Å². The second-order valence-corrected chi connectivity index (χ2v) is 6.11. The molecule has 0 N–H and O–H groups in total. The van der Waals surface area contributed by atoms with Crippen molar-refractivity contribution in [1.29, 1.82) is 0 Å². The van der Waals surface area contributed by atoms with E-state index in [9.17, 15) is 0 Å². The van der Waals surface area contributed by atoms with Gasteiger partial charge in [-0.15, -0.1) is 0 Å². The molecule has 0 aliphatic heterocycles. The molecule has 0 spiro atoms. The first kappa shape index (κ1) is 13.3. The first-order valence-corrected chi connectivity index (χ1v) is 8.16. The van der Waals surface area contributed by atoms with Crippen molar-refractivity contribution in [3.8, 4) is 0 Å². The van der Waals surface area contributed by atoms with Crippen LogP contribution >= 0.6 is 0 Å². The van der Waals surface area contributed by atoms with Gasteiger partial charge in [-0.2, -0.15) is 0 Å². The molecule has 0 saturated carbocycles. The highest BCUT2D eigenvalue weighted by Crippen LogP contribution is 2.36. The van der Waals surface area contributed by atoms with Crippen molar-refractivity contribution in [3.63, 3.8) is 0 Å². The molecule has 0 bridgehead atoms. The molecule has 4 rings (SSSR count). The third-order valence-electron chi connectivity index (χ3n) is 4.65. The van der Waals surface area contributed by atoms with E-state index in [1.165, 1.54) is 45.0 Å². The molecule has 0 fully saturated rings. The molecule has 0 unspecified atom stereocenters. The number of rotatable bonds is 3. The van der Waals surface area contributed by atoms with Crippen LogP contribution in [0.2, 0.25) is 0 Å². The molecule has 22 heavy (non-hydrogen) atoms. The average molecular weight is 284 g/mol. The molecule has 0 nitrogen and oxygen atoms in total. The minimum Gasteiger partial charge on any atom is -0.0651 e. The zero-order valence-electron chi connectivity index (χ0n) is 13.0. The highest BCUT2D eigenvalue weighted by Gasteiger charge is 2.16. The fourth-order valence-electron chi connectivity index (χ4n) is 3.58. The van der Waals surface area contributed by atoms with Crippen LogP contribution in [0.4, 0.5) is 0 Å². The van der Waals surface area contributed by atoms with Crippen LogP contribution in [-0.2, 0) is 12.8 Å². The van der Waals surface area contributed by atoms with Crippen molar-refractivity contribution in [2.75, 3.05) is 0 Å². The van der Waals surface area contributed by atoms with E-state index in [1.54, 1.807) is 0 Å². The van der Waals surface area contributed by atoms with Crippen LogP contribution in [0, 0.1) is 0 Å².